The minimum Gasteiger partial charge on any atom is -0.465 e. The summed E-state index contributed by atoms with van der Waals surface area (Å²) in [5.74, 6) is -2.48. The van der Waals surface area contributed by atoms with Gasteiger partial charge in [0.15, 0.2) is 0 Å². The van der Waals surface area contributed by atoms with Gasteiger partial charge in [0.05, 0.1) is 24.8 Å². The number of rotatable bonds is 4. The molecule has 4 rings (SSSR count). The lowest BCUT2D eigenvalue weighted by Crippen LogP contribution is -2.45. The van der Waals surface area contributed by atoms with Crippen molar-refractivity contribution in [2.45, 2.75) is 19.4 Å². The number of nitrogens with one attached hydrogen (secondary N) is 1. The van der Waals surface area contributed by atoms with Crippen molar-refractivity contribution in [1.82, 2.24) is 10.2 Å². The quantitative estimate of drug-likeness (QED) is 0.636. The highest BCUT2D eigenvalue weighted by Crippen LogP contribution is 2.38. The average Bonchev–Trinajstić information content (AvgIpc) is 3.09. The second-order valence-corrected chi connectivity index (χ2v) is 7.73. The Morgan fingerprint density at radius 2 is 1.94 bits per heavy atom. The Morgan fingerprint density at radius 1 is 1.22 bits per heavy atom. The van der Waals surface area contributed by atoms with Gasteiger partial charge in [-0.15, -0.1) is 0 Å². The van der Waals surface area contributed by atoms with E-state index in [2.05, 4.69) is 5.32 Å². The number of aryl methyl sites for hydroxylation is 1. The van der Waals surface area contributed by atoms with Crippen molar-refractivity contribution in [2.24, 2.45) is 0 Å². The number of ether oxygens (including phenoxy) is 1. The molecular weight excluding hydrogens is 422 g/mol. The first-order valence-electron chi connectivity index (χ1n) is 10.1. The number of nitrogens with zero attached hydrogens (tertiary/aromatic N) is 1. The molecule has 1 aliphatic heterocycles. The molecule has 7 nitrogen and oxygen atoms in total. The van der Waals surface area contributed by atoms with Gasteiger partial charge in [-0.2, -0.15) is 0 Å². The monoisotopic (exact) mass is 444 g/mol. The van der Waals surface area contributed by atoms with Crippen LogP contribution in [0, 0.1) is 18.6 Å². The fourth-order valence-electron chi connectivity index (χ4n) is 3.97. The third-order valence-corrected chi connectivity index (χ3v) is 5.55. The number of carbonyl (C=O) groups excluding carboxylic acids is 1. The van der Waals surface area contributed by atoms with Gasteiger partial charge in [-0.3, -0.25) is 4.79 Å². The number of carboxylic acid groups (broad SMARTS) is 1. The predicted octanol–water partition coefficient (Wildman–Crippen LogP) is 3.97. The number of carbonyl (C=O) groups is 2. The SMILES string of the molecule is CNC(=O)c1cc(F)c(-c2oc3cc(C)ccc3c2C[C@H]2CN(C(=O)O)CCO2)c(F)c1. The molecule has 168 valence electrons. The second-order valence-electron chi connectivity index (χ2n) is 7.73. The Hall–Kier alpha value is -3.46. The molecule has 1 atom stereocenters. The maximum Gasteiger partial charge on any atom is 0.407 e. The van der Waals surface area contributed by atoms with E-state index in [0.29, 0.717) is 16.5 Å². The van der Waals surface area contributed by atoms with Crippen LogP contribution in [0.2, 0.25) is 0 Å². The van der Waals surface area contributed by atoms with Crippen LogP contribution < -0.4 is 5.32 Å². The van der Waals surface area contributed by atoms with Crippen molar-refractivity contribution in [3.63, 3.8) is 0 Å². The second kappa shape index (κ2) is 8.58. The Morgan fingerprint density at radius 3 is 2.59 bits per heavy atom. The normalized spacial score (nSPS) is 16.4. The van der Waals surface area contributed by atoms with Crippen LogP contribution in [0.3, 0.4) is 0 Å². The van der Waals surface area contributed by atoms with Crippen molar-refractivity contribution < 1.29 is 32.6 Å². The largest absolute Gasteiger partial charge is 0.465 e. The lowest BCUT2D eigenvalue weighted by atomic mass is 9.97. The topological polar surface area (TPSA) is 92.0 Å². The zero-order valence-corrected chi connectivity index (χ0v) is 17.6. The highest BCUT2D eigenvalue weighted by atomic mass is 19.1. The maximum atomic E-state index is 15.0. The summed E-state index contributed by atoms with van der Waals surface area (Å²) in [7, 11) is 1.37. The van der Waals surface area contributed by atoms with Gasteiger partial charge >= 0.3 is 6.09 Å². The minimum absolute atomic E-state index is 0.0000973. The van der Waals surface area contributed by atoms with E-state index in [-0.39, 0.29) is 43.0 Å². The number of benzene rings is 2. The Balaban J connectivity index is 1.82. The summed E-state index contributed by atoms with van der Waals surface area (Å²) < 4.78 is 41.7. The van der Waals surface area contributed by atoms with E-state index < -0.39 is 29.7 Å². The molecular formula is C23H22F2N2O5. The first kappa shape index (κ1) is 21.8. The minimum atomic E-state index is -1.05. The van der Waals surface area contributed by atoms with E-state index in [1.165, 1.54) is 11.9 Å². The number of halogens is 2. The van der Waals surface area contributed by atoms with Gasteiger partial charge in [0.25, 0.3) is 5.91 Å². The molecule has 0 spiro atoms. The molecule has 32 heavy (non-hydrogen) atoms. The van der Waals surface area contributed by atoms with Gasteiger partial charge in [-0.1, -0.05) is 12.1 Å². The molecule has 2 aromatic carbocycles. The number of furan rings is 1. The molecule has 2 amide bonds. The van der Waals surface area contributed by atoms with Gasteiger partial charge in [0.1, 0.15) is 23.0 Å². The molecule has 0 bridgehead atoms. The lowest BCUT2D eigenvalue weighted by Gasteiger charge is -2.31. The van der Waals surface area contributed by atoms with Crippen LogP contribution in [0.5, 0.6) is 0 Å². The van der Waals surface area contributed by atoms with Crippen molar-refractivity contribution in [1.29, 1.82) is 0 Å². The fourth-order valence-corrected chi connectivity index (χ4v) is 3.97. The van der Waals surface area contributed by atoms with Crippen LogP contribution in [0.15, 0.2) is 34.7 Å². The molecule has 1 aliphatic rings. The average molecular weight is 444 g/mol. The van der Waals surface area contributed by atoms with Crippen LogP contribution in [-0.4, -0.2) is 54.9 Å². The zero-order chi connectivity index (χ0) is 23.0. The molecule has 9 heteroatoms. The number of hydrogen-bond donors (Lipinski definition) is 2. The molecule has 1 aromatic heterocycles. The number of morpholine rings is 1. The molecule has 3 aromatic rings. The van der Waals surface area contributed by atoms with Crippen LogP contribution in [0.1, 0.15) is 21.5 Å². The number of amides is 2. The molecule has 1 fully saturated rings. The smallest absolute Gasteiger partial charge is 0.407 e. The summed E-state index contributed by atoms with van der Waals surface area (Å²) in [6, 6.07) is 7.35. The van der Waals surface area contributed by atoms with E-state index in [1.54, 1.807) is 12.1 Å². The van der Waals surface area contributed by atoms with Crippen LogP contribution >= 0.6 is 0 Å². The number of fused-ring (bicyclic) bond motifs is 1. The van der Waals surface area contributed by atoms with Gasteiger partial charge in [-0.05, 0) is 30.7 Å². The molecule has 0 saturated carbocycles. The van der Waals surface area contributed by atoms with Crippen molar-refractivity contribution in [3.05, 3.63) is 58.7 Å². The van der Waals surface area contributed by atoms with Gasteiger partial charge in [0.2, 0.25) is 0 Å². The molecule has 0 radical (unpaired) electrons. The zero-order valence-electron chi connectivity index (χ0n) is 17.6. The molecule has 1 saturated heterocycles. The van der Waals surface area contributed by atoms with E-state index in [0.717, 1.165) is 17.7 Å². The van der Waals surface area contributed by atoms with Gasteiger partial charge in [0, 0.05) is 36.5 Å². The molecule has 0 unspecified atom stereocenters. The van der Waals surface area contributed by atoms with Crippen LogP contribution in [0.4, 0.5) is 13.6 Å². The predicted molar refractivity (Wildman–Crippen MR) is 113 cm³/mol. The lowest BCUT2D eigenvalue weighted by molar-refractivity contribution is -0.0209. The summed E-state index contributed by atoms with van der Waals surface area (Å²) in [6.45, 7) is 2.49. The van der Waals surface area contributed by atoms with Crippen molar-refractivity contribution in [3.8, 4) is 11.3 Å². The summed E-state index contributed by atoms with van der Waals surface area (Å²) in [5.41, 5.74) is 1.35. The van der Waals surface area contributed by atoms with Crippen molar-refractivity contribution >= 4 is 23.0 Å². The Bertz CT molecular complexity index is 1180. The third-order valence-electron chi connectivity index (χ3n) is 5.55. The molecule has 0 aliphatic carbocycles. The highest BCUT2D eigenvalue weighted by Gasteiger charge is 2.29. The van der Waals surface area contributed by atoms with Gasteiger partial charge < -0.3 is 24.5 Å². The van der Waals surface area contributed by atoms with Crippen LogP contribution in [0.25, 0.3) is 22.3 Å². The van der Waals surface area contributed by atoms with E-state index in [9.17, 15) is 14.7 Å². The van der Waals surface area contributed by atoms with Crippen molar-refractivity contribution in [2.75, 3.05) is 26.7 Å². The standard InChI is InChI=1S/C23H22F2N2O5/c1-12-3-4-15-16(10-14-11-27(23(29)30)5-6-31-14)21(32-19(15)7-12)20-17(24)8-13(9-18(20)25)22(28)26-2/h3-4,7-9,14H,5-6,10-11H2,1-2H3,(H,26,28)(H,29,30)/t14-/m0/s1. The summed E-state index contributed by atoms with van der Waals surface area (Å²) in [4.78, 5) is 24.4. The van der Waals surface area contributed by atoms with Gasteiger partial charge in [-0.25, -0.2) is 13.6 Å². The molecule has 2 N–H and O–H groups in total. The van der Waals surface area contributed by atoms with E-state index in [4.69, 9.17) is 9.15 Å². The van der Waals surface area contributed by atoms with Crippen LogP contribution in [-0.2, 0) is 11.2 Å². The Kier molecular flexibility index (Phi) is 5.84. The molecule has 2 heterocycles. The first-order valence-corrected chi connectivity index (χ1v) is 10.1. The summed E-state index contributed by atoms with van der Waals surface area (Å²) >= 11 is 0. The van der Waals surface area contributed by atoms with E-state index >= 15 is 8.78 Å². The Labute approximate surface area is 182 Å². The summed E-state index contributed by atoms with van der Waals surface area (Å²) in [5, 5.41) is 12.3. The first-order chi connectivity index (χ1) is 15.3. The summed E-state index contributed by atoms with van der Waals surface area (Å²) in [6.07, 6.45) is -1.35. The highest BCUT2D eigenvalue weighted by molar-refractivity contribution is 5.95. The fraction of sp³-hybridized carbons (Fsp3) is 0.304. The maximum absolute atomic E-state index is 15.0. The number of hydrogen-bond acceptors (Lipinski definition) is 4. The van der Waals surface area contributed by atoms with E-state index in [1.807, 2.05) is 13.0 Å². The third kappa shape index (κ3) is 4.03.